The minimum atomic E-state index is -0.136. The second-order valence-electron chi connectivity index (χ2n) is 3.88. The molecule has 2 nitrogen and oxygen atoms in total. The van der Waals surface area contributed by atoms with Crippen LogP contribution < -0.4 is 10.6 Å². The van der Waals surface area contributed by atoms with Crippen LogP contribution in [0.25, 0.3) is 0 Å². The van der Waals surface area contributed by atoms with Crippen molar-refractivity contribution in [3.05, 3.63) is 29.6 Å². The second-order valence-corrected chi connectivity index (χ2v) is 3.88. The van der Waals surface area contributed by atoms with E-state index in [1.165, 1.54) is 6.07 Å². The zero-order valence-corrected chi connectivity index (χ0v) is 8.33. The Morgan fingerprint density at radius 1 is 1.50 bits per heavy atom. The molecule has 1 aromatic rings. The van der Waals surface area contributed by atoms with Crippen LogP contribution in [-0.2, 0) is 0 Å². The van der Waals surface area contributed by atoms with E-state index >= 15 is 0 Å². The van der Waals surface area contributed by atoms with Crippen molar-refractivity contribution >= 4 is 5.69 Å². The van der Waals surface area contributed by atoms with E-state index < -0.39 is 0 Å². The molecule has 2 N–H and O–H groups in total. The van der Waals surface area contributed by atoms with Gasteiger partial charge in [0.2, 0.25) is 0 Å². The maximum Gasteiger partial charge on any atom is 0.128 e. The molecule has 2 rings (SSSR count). The van der Waals surface area contributed by atoms with Crippen molar-refractivity contribution in [3.8, 4) is 0 Å². The van der Waals surface area contributed by atoms with Gasteiger partial charge < -0.3 is 10.6 Å². The lowest BCUT2D eigenvalue weighted by atomic mass is 10.2. The van der Waals surface area contributed by atoms with E-state index in [0.717, 1.165) is 30.8 Å². The quantitative estimate of drug-likeness (QED) is 0.737. The number of benzene rings is 1. The van der Waals surface area contributed by atoms with E-state index in [4.69, 9.17) is 5.73 Å². The summed E-state index contributed by atoms with van der Waals surface area (Å²) in [6.07, 6.45) is 0.996. The monoisotopic (exact) mass is 194 g/mol. The largest absolute Gasteiger partial charge is 0.370 e. The number of nitrogens with two attached hydrogens (primary N) is 1. The summed E-state index contributed by atoms with van der Waals surface area (Å²) in [6, 6.07) is 5.44. The van der Waals surface area contributed by atoms with Gasteiger partial charge in [-0.2, -0.15) is 0 Å². The number of hydrogen-bond acceptors (Lipinski definition) is 2. The van der Waals surface area contributed by atoms with Gasteiger partial charge in [0.1, 0.15) is 5.82 Å². The normalized spacial score (nSPS) is 21.6. The second kappa shape index (κ2) is 3.58. The van der Waals surface area contributed by atoms with Crippen molar-refractivity contribution in [2.24, 2.45) is 5.73 Å². The number of anilines is 1. The smallest absolute Gasteiger partial charge is 0.128 e. The molecule has 1 aliphatic rings. The Morgan fingerprint density at radius 3 is 2.93 bits per heavy atom. The van der Waals surface area contributed by atoms with E-state index in [0.29, 0.717) is 0 Å². The first-order valence-electron chi connectivity index (χ1n) is 4.94. The Bertz CT molecular complexity index is 338. The molecule has 1 aliphatic heterocycles. The van der Waals surface area contributed by atoms with Gasteiger partial charge in [0.15, 0.2) is 0 Å². The lowest BCUT2D eigenvalue weighted by Gasteiger charge is -2.20. The zero-order valence-electron chi connectivity index (χ0n) is 8.33. The van der Waals surface area contributed by atoms with Gasteiger partial charge in [-0.25, -0.2) is 4.39 Å². The van der Waals surface area contributed by atoms with Gasteiger partial charge in [-0.1, -0.05) is 6.07 Å². The van der Waals surface area contributed by atoms with Crippen LogP contribution in [-0.4, -0.2) is 19.1 Å². The van der Waals surface area contributed by atoms with E-state index in [2.05, 4.69) is 4.90 Å². The molecule has 0 spiro atoms. The third kappa shape index (κ3) is 1.60. The summed E-state index contributed by atoms with van der Waals surface area (Å²) in [5.41, 5.74) is 7.52. The molecular weight excluding hydrogens is 179 g/mol. The minimum Gasteiger partial charge on any atom is -0.370 e. The van der Waals surface area contributed by atoms with E-state index in [1.54, 1.807) is 6.07 Å². The van der Waals surface area contributed by atoms with Gasteiger partial charge in [0.05, 0.1) is 0 Å². The zero-order chi connectivity index (χ0) is 10.1. The Kier molecular flexibility index (Phi) is 2.42. The summed E-state index contributed by atoms with van der Waals surface area (Å²) in [4.78, 5) is 2.16. The number of rotatable bonds is 1. The van der Waals surface area contributed by atoms with Gasteiger partial charge in [-0.15, -0.1) is 0 Å². The summed E-state index contributed by atoms with van der Waals surface area (Å²) in [5, 5.41) is 0. The molecule has 1 fully saturated rings. The summed E-state index contributed by atoms with van der Waals surface area (Å²) >= 11 is 0. The van der Waals surface area contributed by atoms with Crippen molar-refractivity contribution in [3.63, 3.8) is 0 Å². The third-order valence-electron chi connectivity index (χ3n) is 2.80. The highest BCUT2D eigenvalue weighted by atomic mass is 19.1. The standard InChI is InChI=1S/C11H15FN2/c1-8-10(12)3-2-4-11(8)14-6-5-9(13)7-14/h2-4,9H,5-7,13H2,1H3. The Balaban J connectivity index is 2.28. The highest BCUT2D eigenvalue weighted by Gasteiger charge is 2.21. The lowest BCUT2D eigenvalue weighted by molar-refractivity contribution is 0.617. The van der Waals surface area contributed by atoms with Gasteiger partial charge in [0, 0.05) is 30.4 Å². The maximum absolute atomic E-state index is 13.3. The highest BCUT2D eigenvalue weighted by Crippen LogP contribution is 2.25. The van der Waals surface area contributed by atoms with Gasteiger partial charge in [-0.05, 0) is 25.5 Å². The van der Waals surface area contributed by atoms with Crippen molar-refractivity contribution in [2.75, 3.05) is 18.0 Å². The molecule has 14 heavy (non-hydrogen) atoms. The first kappa shape index (κ1) is 9.46. The maximum atomic E-state index is 13.3. The highest BCUT2D eigenvalue weighted by molar-refractivity contribution is 5.54. The van der Waals surface area contributed by atoms with Gasteiger partial charge >= 0.3 is 0 Å². The Morgan fingerprint density at radius 2 is 2.29 bits per heavy atom. The van der Waals surface area contributed by atoms with Crippen molar-refractivity contribution in [2.45, 2.75) is 19.4 Å². The molecule has 1 atom stereocenters. The first-order valence-corrected chi connectivity index (χ1v) is 4.94. The van der Waals surface area contributed by atoms with Gasteiger partial charge in [0.25, 0.3) is 0 Å². The fraction of sp³-hybridized carbons (Fsp3) is 0.455. The summed E-state index contributed by atoms with van der Waals surface area (Å²) < 4.78 is 13.3. The molecular formula is C11H15FN2. The minimum absolute atomic E-state index is 0.136. The van der Waals surface area contributed by atoms with Crippen molar-refractivity contribution in [1.29, 1.82) is 0 Å². The van der Waals surface area contributed by atoms with Crippen LogP contribution in [0.1, 0.15) is 12.0 Å². The number of halogens is 1. The predicted octanol–water partition coefficient (Wildman–Crippen LogP) is 1.67. The van der Waals surface area contributed by atoms with Crippen LogP contribution in [0, 0.1) is 12.7 Å². The van der Waals surface area contributed by atoms with Crippen LogP contribution in [0.5, 0.6) is 0 Å². The summed E-state index contributed by atoms with van der Waals surface area (Å²) in [5.74, 6) is -0.136. The van der Waals surface area contributed by atoms with E-state index in [-0.39, 0.29) is 11.9 Å². The number of nitrogens with zero attached hydrogens (tertiary/aromatic N) is 1. The predicted molar refractivity (Wildman–Crippen MR) is 55.9 cm³/mol. The van der Waals surface area contributed by atoms with Crippen LogP contribution in [0.15, 0.2) is 18.2 Å². The fourth-order valence-electron chi connectivity index (χ4n) is 1.94. The first-order chi connectivity index (χ1) is 6.68. The van der Waals surface area contributed by atoms with E-state index in [1.807, 2.05) is 13.0 Å². The summed E-state index contributed by atoms with van der Waals surface area (Å²) in [7, 11) is 0. The molecule has 1 saturated heterocycles. The molecule has 3 heteroatoms. The molecule has 0 radical (unpaired) electrons. The third-order valence-corrected chi connectivity index (χ3v) is 2.80. The molecule has 76 valence electrons. The number of hydrogen-bond donors (Lipinski definition) is 1. The molecule has 0 saturated carbocycles. The molecule has 0 aromatic heterocycles. The van der Waals surface area contributed by atoms with E-state index in [9.17, 15) is 4.39 Å². The summed E-state index contributed by atoms with van der Waals surface area (Å²) in [6.45, 7) is 3.59. The van der Waals surface area contributed by atoms with Crippen molar-refractivity contribution < 1.29 is 4.39 Å². The van der Waals surface area contributed by atoms with Crippen LogP contribution in [0.2, 0.25) is 0 Å². The Hall–Kier alpha value is -1.09. The molecule has 1 unspecified atom stereocenters. The topological polar surface area (TPSA) is 29.3 Å². The molecule has 1 heterocycles. The van der Waals surface area contributed by atoms with Gasteiger partial charge in [-0.3, -0.25) is 0 Å². The molecule has 0 bridgehead atoms. The SMILES string of the molecule is Cc1c(F)cccc1N1CCC(N)C1. The van der Waals surface area contributed by atoms with Crippen LogP contribution in [0.4, 0.5) is 10.1 Å². The van der Waals surface area contributed by atoms with Crippen LogP contribution >= 0.6 is 0 Å². The molecule has 0 aliphatic carbocycles. The lowest BCUT2D eigenvalue weighted by Crippen LogP contribution is -2.26. The molecule has 0 amide bonds. The Labute approximate surface area is 83.5 Å². The average molecular weight is 194 g/mol. The van der Waals surface area contributed by atoms with Crippen LogP contribution in [0.3, 0.4) is 0 Å². The fourth-order valence-corrected chi connectivity index (χ4v) is 1.94. The average Bonchev–Trinajstić information content (AvgIpc) is 2.57. The molecule has 1 aromatic carbocycles. The van der Waals surface area contributed by atoms with Crippen molar-refractivity contribution in [1.82, 2.24) is 0 Å².